The highest BCUT2D eigenvalue weighted by Crippen LogP contribution is 2.39. The van der Waals surface area contributed by atoms with Crippen LogP contribution in [0, 0.1) is 0 Å². The summed E-state index contributed by atoms with van der Waals surface area (Å²) in [5.41, 5.74) is 0. The van der Waals surface area contributed by atoms with Crippen molar-refractivity contribution in [2.45, 2.75) is 31.6 Å². The summed E-state index contributed by atoms with van der Waals surface area (Å²) in [6.07, 6.45) is 2.94. The molecule has 5 heteroatoms. The molecule has 2 aromatic carbocycles. The molecule has 0 fully saturated rings. The summed E-state index contributed by atoms with van der Waals surface area (Å²) in [6, 6.07) is 9.80. The van der Waals surface area contributed by atoms with Gasteiger partial charge in [-0.3, -0.25) is 0 Å². The van der Waals surface area contributed by atoms with Crippen LogP contribution >= 0.6 is 39.1 Å². The minimum absolute atomic E-state index is 0.0348. The second kappa shape index (κ2) is 9.61. The molecule has 0 aliphatic rings. The van der Waals surface area contributed by atoms with E-state index in [1.165, 1.54) is 0 Å². The average molecular weight is 420 g/mol. The molecule has 1 atom stereocenters. The molecule has 0 saturated heterocycles. The van der Waals surface area contributed by atoms with Gasteiger partial charge in [0.1, 0.15) is 18.1 Å². The molecule has 0 saturated carbocycles. The van der Waals surface area contributed by atoms with Crippen molar-refractivity contribution in [2.75, 3.05) is 18.5 Å². The molecule has 0 aromatic heterocycles. The first-order valence-electron chi connectivity index (χ1n) is 7.84. The van der Waals surface area contributed by atoms with Crippen LogP contribution in [0.2, 0.25) is 5.02 Å². The van der Waals surface area contributed by atoms with Crippen molar-refractivity contribution < 1.29 is 9.47 Å². The van der Waals surface area contributed by atoms with E-state index in [0.29, 0.717) is 18.2 Å². The van der Waals surface area contributed by atoms with Gasteiger partial charge in [-0.05, 0) is 12.8 Å². The van der Waals surface area contributed by atoms with Crippen molar-refractivity contribution in [3.8, 4) is 11.5 Å². The average Bonchev–Trinajstić information content (AvgIpc) is 2.55. The molecule has 0 N–H and O–H groups in total. The van der Waals surface area contributed by atoms with Crippen LogP contribution in [0.4, 0.5) is 0 Å². The fraction of sp³-hybridized carbons (Fsp3) is 0.444. The molecule has 2 aromatic rings. The first-order chi connectivity index (χ1) is 11.2. The van der Waals surface area contributed by atoms with Gasteiger partial charge in [-0.15, -0.1) is 11.6 Å². The molecular weight excluding hydrogens is 399 g/mol. The third-order valence-corrected chi connectivity index (χ3v) is 4.58. The number of hydrogen-bond acceptors (Lipinski definition) is 2. The molecule has 1 unspecified atom stereocenters. The Bertz CT molecular complexity index is 634. The van der Waals surface area contributed by atoms with Gasteiger partial charge >= 0.3 is 0 Å². The lowest BCUT2D eigenvalue weighted by atomic mass is 10.1. The second-order valence-corrected chi connectivity index (χ2v) is 7.14. The van der Waals surface area contributed by atoms with Gasteiger partial charge in [0.15, 0.2) is 0 Å². The Morgan fingerprint density at radius 3 is 2.61 bits per heavy atom. The van der Waals surface area contributed by atoms with E-state index in [0.717, 1.165) is 46.9 Å². The van der Waals surface area contributed by atoms with Gasteiger partial charge in [-0.1, -0.05) is 65.1 Å². The number of hydrogen-bond donors (Lipinski definition) is 0. The smallest absolute Gasteiger partial charge is 0.145 e. The summed E-state index contributed by atoms with van der Waals surface area (Å²) in [5, 5.41) is 3.36. The van der Waals surface area contributed by atoms with Crippen LogP contribution in [0.1, 0.15) is 26.2 Å². The van der Waals surface area contributed by atoms with Crippen molar-refractivity contribution in [2.24, 2.45) is 0 Å². The van der Waals surface area contributed by atoms with Crippen LogP contribution in [0.5, 0.6) is 11.5 Å². The second-order valence-electron chi connectivity index (χ2n) is 5.32. The highest BCUT2D eigenvalue weighted by molar-refractivity contribution is 9.09. The summed E-state index contributed by atoms with van der Waals surface area (Å²) in [5.74, 6) is 1.47. The monoisotopic (exact) mass is 418 g/mol. The Morgan fingerprint density at radius 2 is 1.91 bits per heavy atom. The number of benzene rings is 2. The third-order valence-electron chi connectivity index (χ3n) is 3.50. The third kappa shape index (κ3) is 5.17. The lowest BCUT2D eigenvalue weighted by Crippen LogP contribution is -2.12. The van der Waals surface area contributed by atoms with Crippen LogP contribution in [-0.4, -0.2) is 23.9 Å². The Morgan fingerprint density at radius 1 is 1.17 bits per heavy atom. The quantitative estimate of drug-likeness (QED) is 0.343. The van der Waals surface area contributed by atoms with Crippen LogP contribution in [0.25, 0.3) is 10.8 Å². The number of fused-ring (bicyclic) bond motifs is 1. The van der Waals surface area contributed by atoms with Crippen molar-refractivity contribution in [1.29, 1.82) is 0 Å². The van der Waals surface area contributed by atoms with Gasteiger partial charge in [0.05, 0.1) is 17.0 Å². The first kappa shape index (κ1) is 18.7. The normalized spacial score (nSPS) is 12.3. The maximum absolute atomic E-state index is 6.42. The maximum atomic E-state index is 6.42. The lowest BCUT2D eigenvalue weighted by molar-refractivity contribution is 0.308. The van der Waals surface area contributed by atoms with Gasteiger partial charge in [0.25, 0.3) is 0 Å². The fourth-order valence-corrected chi connectivity index (χ4v) is 3.49. The van der Waals surface area contributed by atoms with E-state index in [1.807, 2.05) is 30.3 Å². The van der Waals surface area contributed by atoms with Gasteiger partial charge in [-0.25, -0.2) is 0 Å². The van der Waals surface area contributed by atoms with Gasteiger partial charge in [0, 0.05) is 22.2 Å². The highest BCUT2D eigenvalue weighted by atomic mass is 79.9. The number of rotatable bonds is 9. The molecule has 0 heterocycles. The number of unbranched alkanes of at least 4 members (excludes halogenated alkanes) is 1. The van der Waals surface area contributed by atoms with Crippen LogP contribution in [0.3, 0.4) is 0 Å². The van der Waals surface area contributed by atoms with Crippen molar-refractivity contribution in [1.82, 2.24) is 0 Å². The van der Waals surface area contributed by atoms with Crippen molar-refractivity contribution >= 4 is 49.9 Å². The van der Waals surface area contributed by atoms with Gasteiger partial charge < -0.3 is 9.47 Å². The van der Waals surface area contributed by atoms with Gasteiger partial charge in [-0.2, -0.15) is 0 Å². The Labute approximate surface area is 156 Å². The molecule has 0 amide bonds. The number of ether oxygens (including phenoxy) is 2. The lowest BCUT2D eigenvalue weighted by Gasteiger charge is -2.16. The van der Waals surface area contributed by atoms with E-state index >= 15 is 0 Å². The van der Waals surface area contributed by atoms with Crippen molar-refractivity contribution in [3.63, 3.8) is 0 Å². The summed E-state index contributed by atoms with van der Waals surface area (Å²) < 4.78 is 11.8. The summed E-state index contributed by atoms with van der Waals surface area (Å²) in [7, 11) is 0. The Hall–Kier alpha value is -0.640. The Balaban J connectivity index is 2.27. The van der Waals surface area contributed by atoms with E-state index in [2.05, 4.69) is 22.9 Å². The fourth-order valence-electron chi connectivity index (χ4n) is 2.25. The maximum Gasteiger partial charge on any atom is 0.145 e. The molecule has 0 aliphatic heterocycles. The van der Waals surface area contributed by atoms with Crippen LogP contribution < -0.4 is 9.47 Å². The first-order valence-corrected chi connectivity index (χ1v) is 9.77. The van der Waals surface area contributed by atoms with Crippen molar-refractivity contribution in [3.05, 3.63) is 35.4 Å². The highest BCUT2D eigenvalue weighted by Gasteiger charge is 2.14. The van der Waals surface area contributed by atoms with E-state index in [4.69, 9.17) is 32.7 Å². The number of alkyl halides is 2. The molecule has 0 spiro atoms. The molecule has 2 rings (SSSR count). The largest absolute Gasteiger partial charge is 0.491 e. The molecule has 0 aliphatic carbocycles. The van der Waals surface area contributed by atoms with E-state index in [9.17, 15) is 0 Å². The van der Waals surface area contributed by atoms with E-state index in [-0.39, 0.29) is 5.38 Å². The summed E-state index contributed by atoms with van der Waals surface area (Å²) in [6.45, 7) is 3.24. The van der Waals surface area contributed by atoms with Crippen LogP contribution in [-0.2, 0) is 0 Å². The zero-order valence-corrected chi connectivity index (χ0v) is 16.3. The standard InChI is InChI=1S/C18H21BrCl2O2/c1-2-3-10-22-18-15-7-5-4-6-14(15)17(11-16(18)21)23-12-13(20)8-9-19/h4-7,11,13H,2-3,8-10,12H2,1H3. The van der Waals surface area contributed by atoms with Gasteiger partial charge in [0.2, 0.25) is 0 Å². The summed E-state index contributed by atoms with van der Waals surface area (Å²) >= 11 is 16.0. The molecule has 0 radical (unpaired) electrons. The zero-order chi connectivity index (χ0) is 16.7. The molecule has 126 valence electrons. The summed E-state index contributed by atoms with van der Waals surface area (Å²) in [4.78, 5) is 0. The van der Waals surface area contributed by atoms with E-state index < -0.39 is 0 Å². The molecule has 2 nitrogen and oxygen atoms in total. The molecule has 23 heavy (non-hydrogen) atoms. The minimum atomic E-state index is -0.0348. The number of halogens is 3. The molecular formula is C18H21BrCl2O2. The predicted octanol–water partition coefficient (Wildman–Crippen LogP) is 6.44. The van der Waals surface area contributed by atoms with E-state index in [1.54, 1.807) is 0 Å². The minimum Gasteiger partial charge on any atom is -0.491 e. The zero-order valence-electron chi connectivity index (χ0n) is 13.2. The Kier molecular flexibility index (Phi) is 7.81. The topological polar surface area (TPSA) is 18.5 Å². The van der Waals surface area contributed by atoms with Crippen LogP contribution in [0.15, 0.2) is 30.3 Å². The SMILES string of the molecule is CCCCOc1c(Cl)cc(OCC(Cl)CCBr)c2ccccc12. The molecule has 0 bridgehead atoms. The predicted molar refractivity (Wildman–Crippen MR) is 103 cm³/mol.